The number of aryl methyl sites for hydroxylation is 2. The lowest BCUT2D eigenvalue weighted by molar-refractivity contribution is -0.133. The van der Waals surface area contributed by atoms with Gasteiger partial charge < -0.3 is 23.5 Å². The summed E-state index contributed by atoms with van der Waals surface area (Å²) in [6.45, 7) is 1.80. The normalized spacial score (nSPS) is 13.6. The minimum Gasteiger partial charge on any atom is -0.497 e. The number of hydrogen-bond acceptors (Lipinski definition) is 6. The first-order valence-corrected chi connectivity index (χ1v) is 11.4. The van der Waals surface area contributed by atoms with E-state index in [2.05, 4.69) is 0 Å². The number of aromatic nitrogens is 1. The molecule has 7 heteroatoms. The summed E-state index contributed by atoms with van der Waals surface area (Å²) in [5.74, 6) is 1.74. The van der Waals surface area contributed by atoms with Gasteiger partial charge in [0.15, 0.2) is 5.76 Å². The van der Waals surface area contributed by atoms with Gasteiger partial charge in [-0.3, -0.25) is 9.59 Å². The van der Waals surface area contributed by atoms with Crippen molar-refractivity contribution in [1.29, 1.82) is 0 Å². The maximum atomic E-state index is 13.2. The maximum absolute atomic E-state index is 13.2. The van der Waals surface area contributed by atoms with Gasteiger partial charge in [-0.1, -0.05) is 12.1 Å². The Hall–Kier alpha value is -4.52. The van der Waals surface area contributed by atoms with E-state index >= 15 is 0 Å². The highest BCUT2D eigenvalue weighted by Gasteiger charge is 2.30. The zero-order valence-electron chi connectivity index (χ0n) is 20.5. The molecule has 1 aromatic heterocycles. The third-order valence-electron chi connectivity index (χ3n) is 6.20. The highest BCUT2D eigenvalue weighted by atomic mass is 16.5. The van der Waals surface area contributed by atoms with E-state index in [-0.39, 0.29) is 18.0 Å². The van der Waals surface area contributed by atoms with Crippen LogP contribution < -0.4 is 18.9 Å². The first-order chi connectivity index (χ1) is 17.4. The predicted octanol–water partition coefficient (Wildman–Crippen LogP) is 5.27. The first kappa shape index (κ1) is 23.2. The van der Waals surface area contributed by atoms with E-state index in [1.165, 1.54) is 0 Å². The van der Waals surface area contributed by atoms with Gasteiger partial charge in [-0.15, -0.1) is 0 Å². The molecule has 0 saturated carbocycles. The molecule has 0 radical (unpaired) electrons. The molecular formula is C29H25NO6. The van der Waals surface area contributed by atoms with Crippen LogP contribution in [0.1, 0.15) is 27.0 Å². The summed E-state index contributed by atoms with van der Waals surface area (Å²) in [6, 6.07) is 16.3. The fraction of sp³-hybridized carbons (Fsp3) is 0.172. The van der Waals surface area contributed by atoms with E-state index in [4.69, 9.17) is 18.9 Å². The smallest absolute Gasteiger partial charge is 0.315 e. The number of hydrogen-bond donors (Lipinski definition) is 0. The average molecular weight is 484 g/mol. The number of ether oxygens (including phenoxy) is 4. The molecule has 0 unspecified atom stereocenters. The number of ketones is 1. The Kier molecular flexibility index (Phi) is 5.98. The molecule has 0 saturated heterocycles. The topological polar surface area (TPSA) is 76.0 Å². The highest BCUT2D eigenvalue weighted by Crippen LogP contribution is 2.38. The lowest BCUT2D eigenvalue weighted by Crippen LogP contribution is -2.11. The van der Waals surface area contributed by atoms with Crippen molar-refractivity contribution in [1.82, 2.24) is 4.57 Å². The number of fused-ring (bicyclic) bond motifs is 2. The van der Waals surface area contributed by atoms with Gasteiger partial charge in [0.2, 0.25) is 5.78 Å². The number of esters is 1. The SMILES string of the molecule is COc1ccc(CC(=O)Oc2cc(C)c3c(c2)O/C(=C\c2cn(C)c4ccc(OC)cc24)C3=O)cc1. The zero-order chi connectivity index (χ0) is 25.4. The van der Waals surface area contributed by atoms with Crippen molar-refractivity contribution in [2.45, 2.75) is 13.3 Å². The molecule has 182 valence electrons. The molecule has 0 N–H and O–H groups in total. The van der Waals surface area contributed by atoms with Crippen LogP contribution in [-0.2, 0) is 18.3 Å². The number of benzene rings is 3. The summed E-state index contributed by atoms with van der Waals surface area (Å²) in [5.41, 5.74) is 3.79. The Labute approximate surface area is 208 Å². The van der Waals surface area contributed by atoms with E-state index < -0.39 is 5.97 Å². The van der Waals surface area contributed by atoms with E-state index in [1.807, 2.05) is 48.1 Å². The van der Waals surface area contributed by atoms with Gasteiger partial charge in [-0.25, -0.2) is 0 Å². The zero-order valence-corrected chi connectivity index (χ0v) is 20.5. The molecule has 0 amide bonds. The molecule has 0 atom stereocenters. The minimum atomic E-state index is -0.413. The number of allylic oxidation sites excluding steroid dienone is 1. The molecule has 3 aromatic carbocycles. The van der Waals surface area contributed by atoms with E-state index in [0.29, 0.717) is 22.6 Å². The molecule has 36 heavy (non-hydrogen) atoms. The van der Waals surface area contributed by atoms with Crippen molar-refractivity contribution in [3.05, 3.63) is 88.8 Å². The molecule has 1 aliphatic rings. The van der Waals surface area contributed by atoms with Gasteiger partial charge >= 0.3 is 5.97 Å². The Bertz CT molecular complexity index is 1530. The summed E-state index contributed by atoms with van der Waals surface area (Å²) in [5, 5.41) is 0.946. The Morgan fingerprint density at radius 1 is 0.972 bits per heavy atom. The summed E-state index contributed by atoms with van der Waals surface area (Å²) in [6.07, 6.45) is 3.78. The maximum Gasteiger partial charge on any atom is 0.315 e. The number of methoxy groups -OCH3 is 2. The average Bonchev–Trinajstić information content (AvgIpc) is 3.35. The van der Waals surface area contributed by atoms with E-state index in [9.17, 15) is 9.59 Å². The van der Waals surface area contributed by atoms with Gasteiger partial charge in [-0.05, 0) is 60.5 Å². The summed E-state index contributed by atoms with van der Waals surface area (Å²) in [4.78, 5) is 25.7. The van der Waals surface area contributed by atoms with E-state index in [1.54, 1.807) is 51.5 Å². The van der Waals surface area contributed by atoms with Gasteiger partial charge in [0.25, 0.3) is 0 Å². The van der Waals surface area contributed by atoms with Crippen LogP contribution in [0, 0.1) is 6.92 Å². The molecule has 0 aliphatic carbocycles. The van der Waals surface area contributed by atoms with Crippen LogP contribution in [0.5, 0.6) is 23.0 Å². The van der Waals surface area contributed by atoms with Crippen molar-refractivity contribution in [3.63, 3.8) is 0 Å². The van der Waals surface area contributed by atoms with Crippen LogP contribution in [0.3, 0.4) is 0 Å². The molecule has 0 fully saturated rings. The fourth-order valence-corrected chi connectivity index (χ4v) is 4.40. The number of carbonyl (C=O) groups is 2. The highest BCUT2D eigenvalue weighted by molar-refractivity contribution is 6.16. The van der Waals surface area contributed by atoms with Crippen LogP contribution in [0.15, 0.2) is 66.6 Å². The second-order valence-electron chi connectivity index (χ2n) is 8.63. The number of nitrogens with zero attached hydrogens (tertiary/aromatic N) is 1. The van der Waals surface area contributed by atoms with Gasteiger partial charge in [0.1, 0.15) is 23.0 Å². The van der Waals surface area contributed by atoms with E-state index in [0.717, 1.165) is 33.5 Å². The van der Waals surface area contributed by atoms with Gasteiger partial charge in [0.05, 0.1) is 26.2 Å². The standard InChI is InChI=1S/C29H25NO6/c1-17-11-22(35-27(31)12-18-5-7-20(33-3)8-6-18)15-25-28(17)29(32)26(36-25)13-19-16-30(2)24-10-9-21(34-4)14-23(19)24/h5-11,13-16H,12H2,1-4H3/b26-13-. The molecule has 4 aromatic rings. The van der Waals surface area contributed by atoms with Crippen LogP contribution in [0.4, 0.5) is 0 Å². The largest absolute Gasteiger partial charge is 0.497 e. The van der Waals surface area contributed by atoms with Gasteiger partial charge in [0, 0.05) is 35.8 Å². The van der Waals surface area contributed by atoms with Crippen LogP contribution >= 0.6 is 0 Å². The van der Waals surface area contributed by atoms with Crippen molar-refractivity contribution < 1.29 is 28.5 Å². The quantitative estimate of drug-likeness (QED) is 0.211. The van der Waals surface area contributed by atoms with Crippen molar-refractivity contribution >= 4 is 28.7 Å². The molecule has 0 bridgehead atoms. The molecule has 5 rings (SSSR count). The third-order valence-corrected chi connectivity index (χ3v) is 6.20. The fourth-order valence-electron chi connectivity index (χ4n) is 4.40. The summed E-state index contributed by atoms with van der Waals surface area (Å²) in [7, 11) is 5.15. The summed E-state index contributed by atoms with van der Waals surface area (Å²) < 4.78 is 24.0. The lowest BCUT2D eigenvalue weighted by Gasteiger charge is -2.08. The number of Topliss-reactive ketones (excluding diaryl/α,β-unsaturated/α-hetero) is 1. The predicted molar refractivity (Wildman–Crippen MR) is 136 cm³/mol. The second kappa shape index (κ2) is 9.26. The van der Waals surface area contributed by atoms with Crippen LogP contribution in [-0.4, -0.2) is 30.5 Å². The third kappa shape index (κ3) is 4.31. The Morgan fingerprint density at radius 2 is 1.69 bits per heavy atom. The Balaban J connectivity index is 1.38. The van der Waals surface area contributed by atoms with Crippen LogP contribution in [0.25, 0.3) is 17.0 Å². The number of rotatable bonds is 6. The molecule has 7 nitrogen and oxygen atoms in total. The molecule has 0 spiro atoms. The van der Waals surface area contributed by atoms with Gasteiger partial charge in [-0.2, -0.15) is 0 Å². The van der Waals surface area contributed by atoms with Crippen LogP contribution in [0.2, 0.25) is 0 Å². The molecule has 1 aliphatic heterocycles. The van der Waals surface area contributed by atoms with Crippen molar-refractivity contribution in [2.75, 3.05) is 14.2 Å². The summed E-state index contributed by atoms with van der Waals surface area (Å²) >= 11 is 0. The molecule has 2 heterocycles. The lowest BCUT2D eigenvalue weighted by atomic mass is 10.0. The minimum absolute atomic E-state index is 0.107. The number of carbonyl (C=O) groups excluding carboxylic acids is 2. The monoisotopic (exact) mass is 483 g/mol. The molecular weight excluding hydrogens is 458 g/mol. The second-order valence-corrected chi connectivity index (χ2v) is 8.63. The Morgan fingerprint density at radius 3 is 2.42 bits per heavy atom. The van der Waals surface area contributed by atoms with Crippen molar-refractivity contribution in [3.8, 4) is 23.0 Å². The first-order valence-electron chi connectivity index (χ1n) is 11.4. The van der Waals surface area contributed by atoms with Crippen molar-refractivity contribution in [2.24, 2.45) is 7.05 Å².